The van der Waals surface area contributed by atoms with Gasteiger partial charge in [0.2, 0.25) is 0 Å². The summed E-state index contributed by atoms with van der Waals surface area (Å²) < 4.78 is 51.9. The first-order valence-corrected chi connectivity index (χ1v) is 7.96. The number of hydrogen-bond acceptors (Lipinski definition) is 3. The third-order valence-corrected chi connectivity index (χ3v) is 4.42. The number of hydrogen-bond donors (Lipinski definition) is 1. The lowest BCUT2D eigenvalue weighted by atomic mass is 9.92. The van der Waals surface area contributed by atoms with Gasteiger partial charge in [-0.05, 0) is 52.6 Å². The van der Waals surface area contributed by atoms with E-state index in [4.69, 9.17) is 1.37 Å². The SMILES string of the molecule is [2H]c1ncc2cc(F)c(-c3cc(O)cc4ccc(F)c(CC)c34)c(F)c2n1. The van der Waals surface area contributed by atoms with Crippen molar-refractivity contribution in [3.8, 4) is 16.9 Å². The van der Waals surface area contributed by atoms with E-state index in [1.165, 1.54) is 24.3 Å². The van der Waals surface area contributed by atoms with E-state index in [2.05, 4.69) is 9.97 Å². The Labute approximate surface area is 148 Å². The molecule has 0 spiro atoms. The number of phenolic OH excluding ortho intramolecular Hbond substituents is 1. The van der Waals surface area contributed by atoms with Gasteiger partial charge in [-0.25, -0.2) is 23.1 Å². The van der Waals surface area contributed by atoms with E-state index in [0.717, 1.165) is 12.3 Å². The molecular weight excluding hydrogens is 341 g/mol. The zero-order valence-electron chi connectivity index (χ0n) is 14.6. The molecule has 3 aromatic carbocycles. The average molecular weight is 355 g/mol. The van der Waals surface area contributed by atoms with Crippen LogP contribution in [0.5, 0.6) is 5.75 Å². The number of aryl methyl sites for hydroxylation is 1. The molecular formula is C20H13F3N2O. The van der Waals surface area contributed by atoms with E-state index < -0.39 is 29.3 Å². The number of rotatable bonds is 2. The summed E-state index contributed by atoms with van der Waals surface area (Å²) in [6.07, 6.45) is 1.06. The highest BCUT2D eigenvalue weighted by molar-refractivity contribution is 6.02. The van der Waals surface area contributed by atoms with Crippen molar-refractivity contribution in [2.75, 3.05) is 0 Å². The highest BCUT2D eigenvalue weighted by Gasteiger charge is 2.21. The molecule has 130 valence electrons. The molecule has 0 fully saturated rings. The van der Waals surface area contributed by atoms with Gasteiger partial charge in [-0.15, -0.1) is 0 Å². The quantitative estimate of drug-likeness (QED) is 0.542. The molecule has 4 rings (SSSR count). The first kappa shape index (κ1) is 15.1. The van der Waals surface area contributed by atoms with Crippen molar-refractivity contribution in [3.63, 3.8) is 0 Å². The van der Waals surface area contributed by atoms with Gasteiger partial charge < -0.3 is 5.11 Å². The Morgan fingerprint density at radius 2 is 1.88 bits per heavy atom. The zero-order chi connectivity index (χ0) is 19.3. The Kier molecular flexibility index (Phi) is 3.48. The molecule has 0 bridgehead atoms. The van der Waals surface area contributed by atoms with Crippen LogP contribution >= 0.6 is 0 Å². The second-order valence-electron chi connectivity index (χ2n) is 5.93. The first-order valence-electron chi connectivity index (χ1n) is 8.46. The van der Waals surface area contributed by atoms with E-state index >= 15 is 4.39 Å². The molecule has 0 radical (unpaired) electrons. The summed E-state index contributed by atoms with van der Waals surface area (Å²) in [6, 6.07) is 6.40. The molecule has 4 aromatic rings. The molecule has 1 N–H and O–H groups in total. The van der Waals surface area contributed by atoms with Crippen LogP contribution in [0.1, 0.15) is 13.9 Å². The lowest BCUT2D eigenvalue weighted by Gasteiger charge is -2.15. The van der Waals surface area contributed by atoms with E-state index in [0.29, 0.717) is 22.8 Å². The molecule has 1 heterocycles. The van der Waals surface area contributed by atoms with E-state index in [1.54, 1.807) is 6.92 Å². The third-order valence-electron chi connectivity index (χ3n) is 4.42. The van der Waals surface area contributed by atoms with Crippen LogP contribution < -0.4 is 0 Å². The van der Waals surface area contributed by atoms with Crippen molar-refractivity contribution in [1.29, 1.82) is 0 Å². The van der Waals surface area contributed by atoms with Gasteiger partial charge >= 0.3 is 0 Å². The lowest BCUT2D eigenvalue weighted by molar-refractivity contribution is 0.476. The predicted octanol–water partition coefficient (Wildman–Crippen LogP) is 5.14. The van der Waals surface area contributed by atoms with Crippen LogP contribution in [0.3, 0.4) is 0 Å². The third kappa shape index (κ3) is 2.37. The molecule has 0 aliphatic rings. The summed E-state index contributed by atoms with van der Waals surface area (Å²) in [7, 11) is 0. The fourth-order valence-corrected chi connectivity index (χ4v) is 3.31. The summed E-state index contributed by atoms with van der Waals surface area (Å²) in [5.74, 6) is -2.57. The van der Waals surface area contributed by atoms with Crippen LogP contribution in [-0.4, -0.2) is 15.1 Å². The number of aromatic hydroxyl groups is 1. The molecule has 3 nitrogen and oxygen atoms in total. The predicted molar refractivity (Wildman–Crippen MR) is 93.4 cm³/mol. The maximum absolute atomic E-state index is 15.2. The van der Waals surface area contributed by atoms with E-state index in [9.17, 15) is 13.9 Å². The van der Waals surface area contributed by atoms with Gasteiger partial charge in [-0.3, -0.25) is 0 Å². The van der Waals surface area contributed by atoms with E-state index in [1.807, 2.05) is 0 Å². The van der Waals surface area contributed by atoms with Crippen molar-refractivity contribution in [2.24, 2.45) is 0 Å². The Hall–Kier alpha value is -3.15. The fourth-order valence-electron chi connectivity index (χ4n) is 3.31. The molecule has 0 atom stereocenters. The minimum absolute atomic E-state index is 0.0309. The summed E-state index contributed by atoms with van der Waals surface area (Å²) in [4.78, 5) is 7.37. The number of halogens is 3. The molecule has 1 aromatic heterocycles. The first-order chi connectivity index (χ1) is 12.9. The largest absolute Gasteiger partial charge is 0.508 e. The van der Waals surface area contributed by atoms with Crippen LogP contribution in [0.15, 0.2) is 42.8 Å². The monoisotopic (exact) mass is 355 g/mol. The minimum Gasteiger partial charge on any atom is -0.508 e. The van der Waals surface area contributed by atoms with Gasteiger partial charge in [0, 0.05) is 11.6 Å². The number of nitrogens with zero attached hydrogens (tertiary/aromatic N) is 2. The molecule has 0 unspecified atom stereocenters. The van der Waals surface area contributed by atoms with Crippen molar-refractivity contribution in [2.45, 2.75) is 13.3 Å². The standard InChI is InChI=1S/C20H13F3N2O/c1-2-13-15(21)4-3-10-5-12(26)7-14(17(10)13)18-16(22)6-11-8-24-9-25-20(11)19(18)23/h3-9,26H,2H2,1H3/i9D. The van der Waals surface area contributed by atoms with Crippen LogP contribution in [0.25, 0.3) is 32.8 Å². The number of phenols is 1. The molecule has 0 aliphatic carbocycles. The van der Waals surface area contributed by atoms with Crippen molar-refractivity contribution >= 4 is 21.7 Å². The van der Waals surface area contributed by atoms with Gasteiger partial charge in [0.25, 0.3) is 0 Å². The average Bonchev–Trinajstić information content (AvgIpc) is 2.62. The van der Waals surface area contributed by atoms with Gasteiger partial charge in [0.05, 0.1) is 5.56 Å². The van der Waals surface area contributed by atoms with E-state index in [-0.39, 0.29) is 22.2 Å². The maximum Gasteiger partial charge on any atom is 0.160 e. The summed E-state index contributed by atoms with van der Waals surface area (Å²) in [6.45, 7) is 1.74. The number of fused-ring (bicyclic) bond motifs is 2. The number of benzene rings is 3. The topological polar surface area (TPSA) is 46.0 Å². The highest BCUT2D eigenvalue weighted by Crippen LogP contribution is 2.39. The Balaban J connectivity index is 2.19. The normalized spacial score (nSPS) is 11.9. The van der Waals surface area contributed by atoms with Gasteiger partial charge in [-0.1, -0.05) is 13.0 Å². The molecule has 6 heteroatoms. The van der Waals surface area contributed by atoms with Crippen molar-refractivity contribution < 1.29 is 19.6 Å². The number of aromatic nitrogens is 2. The Morgan fingerprint density at radius 1 is 1.08 bits per heavy atom. The van der Waals surface area contributed by atoms with Gasteiger partial charge in [0.1, 0.15) is 30.6 Å². The second kappa shape index (κ2) is 5.98. The molecule has 26 heavy (non-hydrogen) atoms. The fraction of sp³-hybridized carbons (Fsp3) is 0.100. The maximum atomic E-state index is 15.2. The van der Waals surface area contributed by atoms with Crippen molar-refractivity contribution in [1.82, 2.24) is 9.97 Å². The van der Waals surface area contributed by atoms with Crippen LogP contribution in [-0.2, 0) is 6.42 Å². The van der Waals surface area contributed by atoms with Crippen LogP contribution in [0.2, 0.25) is 0 Å². The molecule has 0 aliphatic heterocycles. The Morgan fingerprint density at radius 3 is 2.65 bits per heavy atom. The van der Waals surface area contributed by atoms with Gasteiger partial charge in [-0.2, -0.15) is 0 Å². The lowest BCUT2D eigenvalue weighted by Crippen LogP contribution is -1.98. The van der Waals surface area contributed by atoms with Crippen LogP contribution in [0, 0.1) is 17.5 Å². The van der Waals surface area contributed by atoms with Crippen molar-refractivity contribution in [3.05, 3.63) is 65.8 Å². The molecule has 0 saturated carbocycles. The summed E-state index contributed by atoms with van der Waals surface area (Å²) in [5, 5.41) is 10.9. The summed E-state index contributed by atoms with van der Waals surface area (Å²) in [5.41, 5.74) is -0.312. The minimum atomic E-state index is -0.987. The smallest absolute Gasteiger partial charge is 0.160 e. The summed E-state index contributed by atoms with van der Waals surface area (Å²) >= 11 is 0. The molecule has 0 amide bonds. The van der Waals surface area contributed by atoms with Crippen LogP contribution in [0.4, 0.5) is 13.2 Å². The zero-order valence-corrected chi connectivity index (χ0v) is 13.6. The van der Waals surface area contributed by atoms with Gasteiger partial charge in [0.15, 0.2) is 5.82 Å². The Bertz CT molecular complexity index is 1230. The second-order valence-corrected chi connectivity index (χ2v) is 5.93. The highest BCUT2D eigenvalue weighted by atomic mass is 19.1. The molecule has 0 saturated heterocycles.